The van der Waals surface area contributed by atoms with E-state index >= 15 is 0 Å². The van der Waals surface area contributed by atoms with Crippen molar-refractivity contribution < 1.29 is 0 Å². The van der Waals surface area contributed by atoms with Gasteiger partial charge in [-0.2, -0.15) is 5.10 Å². The van der Waals surface area contributed by atoms with E-state index in [1.54, 1.807) is 0 Å². The summed E-state index contributed by atoms with van der Waals surface area (Å²) in [6.07, 6.45) is 0. The van der Waals surface area contributed by atoms with E-state index < -0.39 is 0 Å². The normalized spacial score (nSPS) is 12.7. The number of hydrogen-bond donors (Lipinski definition) is 1. The van der Waals surface area contributed by atoms with Gasteiger partial charge in [0, 0.05) is 30.4 Å². The van der Waals surface area contributed by atoms with E-state index in [-0.39, 0.29) is 0 Å². The molecule has 1 N–H and O–H groups in total. The van der Waals surface area contributed by atoms with Gasteiger partial charge in [-0.25, -0.2) is 0 Å². The van der Waals surface area contributed by atoms with Crippen LogP contribution in [0, 0.1) is 20.8 Å². The molecule has 0 saturated heterocycles. The summed E-state index contributed by atoms with van der Waals surface area (Å²) in [6, 6.07) is 8.96. The summed E-state index contributed by atoms with van der Waals surface area (Å²) in [4.78, 5) is 0. The van der Waals surface area contributed by atoms with Crippen molar-refractivity contribution in [1.82, 2.24) is 15.1 Å². The second-order valence-corrected chi connectivity index (χ2v) is 5.49. The van der Waals surface area contributed by atoms with Gasteiger partial charge in [0.2, 0.25) is 0 Å². The predicted octanol–water partition coefficient (Wildman–Crippen LogP) is 3.68. The van der Waals surface area contributed by atoms with E-state index in [9.17, 15) is 0 Å². The molecule has 3 heteroatoms. The van der Waals surface area contributed by atoms with E-state index in [1.165, 1.54) is 22.4 Å². The van der Waals surface area contributed by atoms with Gasteiger partial charge in [-0.3, -0.25) is 4.68 Å². The summed E-state index contributed by atoms with van der Waals surface area (Å²) in [6.45, 7) is 12.5. The molecule has 1 atom stereocenters. The molecule has 0 amide bonds. The first kappa shape index (κ1) is 14.8. The molecule has 1 aromatic heterocycles. The number of nitrogens with zero attached hydrogens (tertiary/aromatic N) is 2. The highest BCUT2D eigenvalue weighted by Gasteiger charge is 2.16. The molecule has 0 bridgehead atoms. The average Bonchev–Trinajstić information content (AvgIpc) is 2.71. The van der Waals surface area contributed by atoms with E-state index in [2.05, 4.69) is 74.0 Å². The minimum absolute atomic E-state index is 0.316. The molecule has 0 aliphatic heterocycles. The zero-order valence-corrected chi connectivity index (χ0v) is 13.2. The molecule has 0 aliphatic rings. The molecule has 1 aromatic carbocycles. The van der Waals surface area contributed by atoms with Gasteiger partial charge in [0.25, 0.3) is 0 Å². The number of nitrogens with one attached hydrogen (secondary N) is 1. The van der Waals surface area contributed by atoms with Crippen molar-refractivity contribution in [2.75, 3.05) is 0 Å². The van der Waals surface area contributed by atoms with E-state index in [0.29, 0.717) is 6.04 Å². The maximum absolute atomic E-state index is 4.60. The Labute approximate surface area is 122 Å². The monoisotopic (exact) mass is 271 g/mol. The summed E-state index contributed by atoms with van der Waals surface area (Å²) in [7, 11) is 0. The van der Waals surface area contributed by atoms with Gasteiger partial charge >= 0.3 is 0 Å². The number of hydrogen-bond acceptors (Lipinski definition) is 2. The number of aromatic nitrogens is 2. The lowest BCUT2D eigenvalue weighted by Gasteiger charge is -2.15. The third kappa shape index (κ3) is 3.10. The van der Waals surface area contributed by atoms with Crippen molar-refractivity contribution in [3.63, 3.8) is 0 Å². The van der Waals surface area contributed by atoms with Crippen LogP contribution in [0.3, 0.4) is 0 Å². The molecule has 20 heavy (non-hydrogen) atoms. The van der Waals surface area contributed by atoms with Crippen LogP contribution in [0.1, 0.15) is 48.0 Å². The van der Waals surface area contributed by atoms with Crippen LogP contribution in [0.15, 0.2) is 24.3 Å². The number of aryl methyl sites for hydroxylation is 3. The van der Waals surface area contributed by atoms with Gasteiger partial charge in [-0.1, -0.05) is 29.8 Å². The van der Waals surface area contributed by atoms with Gasteiger partial charge in [-0.05, 0) is 40.2 Å². The maximum atomic E-state index is 4.60. The highest BCUT2D eigenvalue weighted by Crippen LogP contribution is 2.21. The highest BCUT2D eigenvalue weighted by atomic mass is 15.3. The Morgan fingerprint density at radius 3 is 2.60 bits per heavy atom. The largest absolute Gasteiger partial charge is 0.306 e. The van der Waals surface area contributed by atoms with E-state index in [1.807, 2.05) is 0 Å². The predicted molar refractivity (Wildman–Crippen MR) is 83.8 cm³/mol. The highest BCUT2D eigenvalue weighted by molar-refractivity contribution is 5.28. The fourth-order valence-corrected chi connectivity index (χ4v) is 2.84. The van der Waals surface area contributed by atoms with Crippen LogP contribution >= 0.6 is 0 Å². The lowest BCUT2D eigenvalue weighted by Crippen LogP contribution is -2.19. The minimum atomic E-state index is 0.316. The molecule has 0 spiro atoms. The molecule has 1 heterocycles. The summed E-state index contributed by atoms with van der Waals surface area (Å²) in [5.41, 5.74) is 6.38. The first-order valence-corrected chi connectivity index (χ1v) is 7.35. The van der Waals surface area contributed by atoms with Crippen LogP contribution in [0.5, 0.6) is 0 Å². The summed E-state index contributed by atoms with van der Waals surface area (Å²) >= 11 is 0. The van der Waals surface area contributed by atoms with Gasteiger partial charge in [0.05, 0.1) is 5.69 Å². The summed E-state index contributed by atoms with van der Waals surface area (Å²) in [5.74, 6) is 0. The number of rotatable bonds is 5. The second-order valence-electron chi connectivity index (χ2n) is 5.49. The molecule has 1 unspecified atom stereocenters. The van der Waals surface area contributed by atoms with Crippen LogP contribution in [-0.4, -0.2) is 9.78 Å². The van der Waals surface area contributed by atoms with Crippen molar-refractivity contribution >= 4 is 0 Å². The molecule has 0 fully saturated rings. The first-order valence-electron chi connectivity index (χ1n) is 7.35. The topological polar surface area (TPSA) is 29.9 Å². The van der Waals surface area contributed by atoms with Crippen LogP contribution in [0.2, 0.25) is 0 Å². The third-order valence-corrected chi connectivity index (χ3v) is 3.86. The first-order chi connectivity index (χ1) is 9.52. The van der Waals surface area contributed by atoms with Crippen molar-refractivity contribution in [3.8, 4) is 0 Å². The lowest BCUT2D eigenvalue weighted by atomic mass is 10.1. The van der Waals surface area contributed by atoms with Crippen molar-refractivity contribution in [3.05, 3.63) is 52.3 Å². The SMILES string of the molecule is CCn1nc(C)c(C(C)NCc2cccc(C)c2)c1C. The third-order valence-electron chi connectivity index (χ3n) is 3.86. The van der Waals surface area contributed by atoms with Gasteiger partial charge in [-0.15, -0.1) is 0 Å². The molecule has 0 saturated carbocycles. The number of benzene rings is 1. The zero-order valence-electron chi connectivity index (χ0n) is 13.2. The molecule has 3 nitrogen and oxygen atoms in total. The Kier molecular flexibility index (Phi) is 4.61. The molecule has 2 rings (SSSR count). The Balaban J connectivity index is 2.09. The molecule has 0 aliphatic carbocycles. The van der Waals surface area contributed by atoms with Crippen LogP contribution in [0.25, 0.3) is 0 Å². The van der Waals surface area contributed by atoms with Crippen LogP contribution < -0.4 is 5.32 Å². The average molecular weight is 271 g/mol. The van der Waals surface area contributed by atoms with Crippen molar-refractivity contribution in [1.29, 1.82) is 0 Å². The van der Waals surface area contributed by atoms with Gasteiger partial charge in [0.1, 0.15) is 0 Å². The Morgan fingerprint density at radius 2 is 2.00 bits per heavy atom. The molecular weight excluding hydrogens is 246 g/mol. The van der Waals surface area contributed by atoms with E-state index in [0.717, 1.165) is 18.8 Å². The fraction of sp³-hybridized carbons (Fsp3) is 0.471. The van der Waals surface area contributed by atoms with Gasteiger partial charge in [0.15, 0.2) is 0 Å². The van der Waals surface area contributed by atoms with E-state index in [4.69, 9.17) is 0 Å². The minimum Gasteiger partial charge on any atom is -0.306 e. The molecule has 0 radical (unpaired) electrons. The second kappa shape index (κ2) is 6.23. The summed E-state index contributed by atoms with van der Waals surface area (Å²) < 4.78 is 2.08. The molecular formula is C17H25N3. The quantitative estimate of drug-likeness (QED) is 0.899. The molecule has 108 valence electrons. The lowest BCUT2D eigenvalue weighted by molar-refractivity contribution is 0.566. The fourth-order valence-electron chi connectivity index (χ4n) is 2.84. The summed E-state index contributed by atoms with van der Waals surface area (Å²) in [5, 5.41) is 8.20. The molecule has 2 aromatic rings. The van der Waals surface area contributed by atoms with Crippen LogP contribution in [0.4, 0.5) is 0 Å². The Bertz CT molecular complexity index is 584. The van der Waals surface area contributed by atoms with Crippen molar-refractivity contribution in [2.45, 2.75) is 53.8 Å². The maximum Gasteiger partial charge on any atom is 0.0644 e. The Hall–Kier alpha value is -1.61. The van der Waals surface area contributed by atoms with Gasteiger partial charge < -0.3 is 5.32 Å². The zero-order chi connectivity index (χ0) is 14.7. The smallest absolute Gasteiger partial charge is 0.0644 e. The standard InChI is InChI=1S/C17H25N3/c1-6-20-15(5)17(14(4)19-20)13(3)18-11-16-9-7-8-12(2)10-16/h7-10,13,18H,6,11H2,1-5H3. The Morgan fingerprint density at radius 1 is 1.25 bits per heavy atom. The van der Waals surface area contributed by atoms with Crippen molar-refractivity contribution in [2.24, 2.45) is 0 Å². The van der Waals surface area contributed by atoms with Crippen LogP contribution in [-0.2, 0) is 13.1 Å².